The Morgan fingerprint density at radius 1 is 1.11 bits per heavy atom. The van der Waals surface area contributed by atoms with E-state index in [9.17, 15) is 4.79 Å². The first-order valence-electron chi connectivity index (χ1n) is 11.1. The lowest BCUT2D eigenvalue weighted by molar-refractivity contribution is 0.0995. The number of carbonyl (C=O) groups excluding carboxylic acids is 1. The average molecular weight is 508 g/mol. The summed E-state index contributed by atoms with van der Waals surface area (Å²) in [7, 11) is 4.11. The molecule has 1 aromatic carbocycles. The Morgan fingerprint density at radius 3 is 2.60 bits per heavy atom. The van der Waals surface area contributed by atoms with Gasteiger partial charge in [-0.1, -0.05) is 29.3 Å². The quantitative estimate of drug-likeness (QED) is 0.342. The van der Waals surface area contributed by atoms with Crippen LogP contribution in [0.25, 0.3) is 38.9 Å². The molecule has 0 aliphatic carbocycles. The van der Waals surface area contributed by atoms with Crippen LogP contribution < -0.4 is 5.73 Å². The summed E-state index contributed by atoms with van der Waals surface area (Å²) in [5.74, 6) is -0.633. The zero-order chi connectivity index (χ0) is 24.7. The van der Waals surface area contributed by atoms with Crippen LogP contribution in [0.5, 0.6) is 0 Å². The number of carbonyl (C=O) groups is 1. The molecule has 5 aromatic rings. The van der Waals surface area contributed by atoms with Gasteiger partial charge in [-0.3, -0.25) is 18.9 Å². The van der Waals surface area contributed by atoms with Gasteiger partial charge in [0.1, 0.15) is 17.0 Å². The second kappa shape index (κ2) is 9.30. The fourth-order valence-electron chi connectivity index (χ4n) is 4.18. The average Bonchev–Trinajstić information content (AvgIpc) is 3.43. The highest BCUT2D eigenvalue weighted by Gasteiger charge is 2.23. The van der Waals surface area contributed by atoms with Gasteiger partial charge in [0.2, 0.25) is 0 Å². The second-order valence-electron chi connectivity index (χ2n) is 8.58. The molecule has 1 amide bonds. The lowest BCUT2D eigenvalue weighted by atomic mass is 10.1. The summed E-state index contributed by atoms with van der Waals surface area (Å²) in [4.78, 5) is 24.1. The summed E-state index contributed by atoms with van der Waals surface area (Å²) in [6.45, 7) is 1.82. The van der Waals surface area contributed by atoms with Crippen LogP contribution in [0.4, 0.5) is 0 Å². The molecule has 178 valence electrons. The molecule has 2 N–H and O–H groups in total. The molecule has 0 saturated carbocycles. The summed E-state index contributed by atoms with van der Waals surface area (Å²) in [6, 6.07) is 8.95. The molecule has 0 unspecified atom stereocenters. The zero-order valence-electron chi connectivity index (χ0n) is 19.2. The predicted octanol–water partition coefficient (Wildman–Crippen LogP) is 4.77. The van der Waals surface area contributed by atoms with Crippen molar-refractivity contribution in [1.82, 2.24) is 29.0 Å². The molecule has 0 bridgehead atoms. The summed E-state index contributed by atoms with van der Waals surface area (Å²) in [6.07, 6.45) is 8.38. The number of aromatic nitrogens is 5. The van der Waals surface area contributed by atoms with Gasteiger partial charge >= 0.3 is 0 Å². The Balaban J connectivity index is 1.64. The number of rotatable bonds is 7. The number of amides is 1. The molecular weight excluding hydrogens is 485 g/mol. The van der Waals surface area contributed by atoms with Crippen LogP contribution in [-0.2, 0) is 6.54 Å². The number of imidazole rings is 1. The summed E-state index contributed by atoms with van der Waals surface area (Å²) in [5, 5.41) is 6.02. The van der Waals surface area contributed by atoms with Gasteiger partial charge in [0, 0.05) is 47.2 Å². The standard InChI is InChI=1S/C25H23Cl2N7O/c1-32(2)8-4-9-33-14-16(13-30-33)15-11-17-20(29-12-15)7-10-34-23(24(28)35)22(31-25(17)34)21-18(26)5-3-6-19(21)27/h3,5-7,10-14H,4,8-9H2,1-2H3,(H2,28,35). The van der Waals surface area contributed by atoms with E-state index in [0.717, 1.165) is 41.5 Å². The Labute approximate surface area is 211 Å². The first kappa shape index (κ1) is 23.3. The number of primary amides is 1. The molecule has 4 aromatic heterocycles. The van der Waals surface area contributed by atoms with E-state index in [-0.39, 0.29) is 5.69 Å². The lowest BCUT2D eigenvalue weighted by Gasteiger charge is -2.08. The van der Waals surface area contributed by atoms with Gasteiger partial charge in [-0.25, -0.2) is 4.98 Å². The van der Waals surface area contributed by atoms with Crippen molar-refractivity contribution in [3.63, 3.8) is 0 Å². The first-order chi connectivity index (χ1) is 16.8. The van der Waals surface area contributed by atoms with Crippen LogP contribution in [0.15, 0.2) is 55.1 Å². The van der Waals surface area contributed by atoms with Crippen LogP contribution in [0, 0.1) is 0 Å². The van der Waals surface area contributed by atoms with Crippen molar-refractivity contribution in [2.75, 3.05) is 20.6 Å². The minimum absolute atomic E-state index is 0.205. The number of benzene rings is 1. The van der Waals surface area contributed by atoms with Crippen LogP contribution in [0.3, 0.4) is 0 Å². The Morgan fingerprint density at radius 2 is 1.89 bits per heavy atom. The SMILES string of the molecule is CN(C)CCCn1cc(-c2cnc3ccn4c(C(N)=O)c(-c5c(Cl)cccc5Cl)nc4c3c2)cn1. The van der Waals surface area contributed by atoms with Gasteiger partial charge in [0.15, 0.2) is 0 Å². The minimum atomic E-state index is -0.633. The largest absolute Gasteiger partial charge is 0.364 e. The molecule has 0 saturated heterocycles. The topological polar surface area (TPSA) is 94.3 Å². The molecule has 0 fully saturated rings. The zero-order valence-corrected chi connectivity index (χ0v) is 20.8. The van der Waals surface area contributed by atoms with Crippen molar-refractivity contribution < 1.29 is 4.79 Å². The smallest absolute Gasteiger partial charge is 0.268 e. The van der Waals surface area contributed by atoms with Crippen molar-refractivity contribution in [1.29, 1.82) is 0 Å². The third-order valence-corrected chi connectivity index (χ3v) is 6.47. The highest BCUT2D eigenvalue weighted by molar-refractivity contribution is 6.39. The molecule has 10 heteroatoms. The molecule has 0 aliphatic heterocycles. The van der Waals surface area contributed by atoms with Crippen molar-refractivity contribution in [2.24, 2.45) is 5.73 Å². The lowest BCUT2D eigenvalue weighted by Crippen LogP contribution is -2.15. The van der Waals surface area contributed by atoms with Gasteiger partial charge in [-0.15, -0.1) is 0 Å². The van der Waals surface area contributed by atoms with Gasteiger partial charge in [0.25, 0.3) is 5.91 Å². The number of halogens is 2. The monoisotopic (exact) mass is 507 g/mol. The number of fused-ring (bicyclic) bond motifs is 3. The van der Waals surface area contributed by atoms with E-state index in [0.29, 0.717) is 26.9 Å². The molecule has 8 nitrogen and oxygen atoms in total. The molecule has 0 aliphatic rings. The van der Waals surface area contributed by atoms with Crippen LogP contribution in [0.2, 0.25) is 10.0 Å². The van der Waals surface area contributed by atoms with Crippen molar-refractivity contribution >= 4 is 45.7 Å². The maximum Gasteiger partial charge on any atom is 0.268 e. The second-order valence-corrected chi connectivity index (χ2v) is 9.40. The van der Waals surface area contributed by atoms with Crippen molar-refractivity contribution in [2.45, 2.75) is 13.0 Å². The Bertz CT molecular complexity index is 1550. The molecule has 35 heavy (non-hydrogen) atoms. The summed E-state index contributed by atoms with van der Waals surface area (Å²) >= 11 is 12.9. The van der Waals surface area contributed by atoms with Gasteiger partial charge in [-0.2, -0.15) is 5.10 Å². The fraction of sp³-hybridized carbons (Fsp3) is 0.200. The van der Waals surface area contributed by atoms with E-state index in [1.807, 2.05) is 35.4 Å². The normalized spacial score (nSPS) is 11.7. The molecule has 4 heterocycles. The van der Waals surface area contributed by atoms with Gasteiger partial charge < -0.3 is 10.6 Å². The molecule has 0 radical (unpaired) electrons. The van der Waals surface area contributed by atoms with Crippen LogP contribution in [-0.4, -0.2) is 55.6 Å². The molecule has 5 rings (SSSR count). The van der Waals surface area contributed by atoms with E-state index < -0.39 is 5.91 Å². The molecule has 0 atom stereocenters. The number of nitrogens with two attached hydrogens (primary N) is 1. The number of nitrogens with zero attached hydrogens (tertiary/aromatic N) is 6. The number of pyridine rings is 2. The summed E-state index contributed by atoms with van der Waals surface area (Å²) < 4.78 is 3.59. The van der Waals surface area contributed by atoms with E-state index in [4.69, 9.17) is 33.9 Å². The minimum Gasteiger partial charge on any atom is -0.364 e. The maximum atomic E-state index is 12.5. The van der Waals surface area contributed by atoms with Crippen LogP contribution >= 0.6 is 23.2 Å². The third-order valence-electron chi connectivity index (χ3n) is 5.84. The number of hydrogen-bond donors (Lipinski definition) is 1. The predicted molar refractivity (Wildman–Crippen MR) is 139 cm³/mol. The van der Waals surface area contributed by atoms with Gasteiger partial charge in [-0.05, 0) is 51.3 Å². The van der Waals surface area contributed by atoms with E-state index in [2.05, 4.69) is 29.1 Å². The number of hydrogen-bond acceptors (Lipinski definition) is 5. The number of aryl methyl sites for hydroxylation is 1. The Kier molecular flexibility index (Phi) is 6.19. The van der Waals surface area contributed by atoms with Crippen LogP contribution in [0.1, 0.15) is 16.9 Å². The van der Waals surface area contributed by atoms with E-state index in [1.165, 1.54) is 0 Å². The summed E-state index contributed by atoms with van der Waals surface area (Å²) in [5.41, 5.74) is 9.88. The first-order valence-corrected chi connectivity index (χ1v) is 11.8. The molecular formula is C25H23Cl2N7O. The third kappa shape index (κ3) is 4.36. The fourth-order valence-corrected chi connectivity index (χ4v) is 4.75. The maximum absolute atomic E-state index is 12.5. The highest BCUT2D eigenvalue weighted by Crippen LogP contribution is 2.37. The molecule has 0 spiro atoms. The van der Waals surface area contributed by atoms with E-state index >= 15 is 0 Å². The van der Waals surface area contributed by atoms with Crippen molar-refractivity contribution in [3.8, 4) is 22.4 Å². The van der Waals surface area contributed by atoms with Crippen molar-refractivity contribution in [3.05, 3.63) is 70.9 Å². The van der Waals surface area contributed by atoms with Gasteiger partial charge in [0.05, 0.1) is 21.8 Å². The Hall–Kier alpha value is -3.46. The highest BCUT2D eigenvalue weighted by atomic mass is 35.5. The van der Waals surface area contributed by atoms with E-state index in [1.54, 1.807) is 28.8 Å².